The summed E-state index contributed by atoms with van der Waals surface area (Å²) >= 11 is 12.0. The van der Waals surface area contributed by atoms with Crippen molar-refractivity contribution in [2.45, 2.75) is 38.1 Å². The lowest BCUT2D eigenvalue weighted by Crippen LogP contribution is -2.38. The summed E-state index contributed by atoms with van der Waals surface area (Å²) in [6.45, 7) is 0.632. The molecule has 0 radical (unpaired) electrons. The molecule has 0 aliphatic heterocycles. The molecule has 104 valence electrons. The van der Waals surface area contributed by atoms with Gasteiger partial charge in [-0.15, -0.1) is 0 Å². The van der Waals surface area contributed by atoms with Gasteiger partial charge in [0, 0.05) is 22.6 Å². The minimum absolute atomic E-state index is 0.503. The van der Waals surface area contributed by atoms with Crippen molar-refractivity contribution >= 4 is 29.2 Å². The van der Waals surface area contributed by atoms with E-state index in [0.29, 0.717) is 28.6 Å². The van der Waals surface area contributed by atoms with E-state index in [0.717, 1.165) is 12.0 Å². The Morgan fingerprint density at radius 1 is 1.32 bits per heavy atom. The fourth-order valence-corrected chi connectivity index (χ4v) is 2.85. The lowest BCUT2D eigenvalue weighted by Gasteiger charge is -2.12. The zero-order valence-electron chi connectivity index (χ0n) is 10.8. The van der Waals surface area contributed by atoms with Crippen molar-refractivity contribution in [2.24, 2.45) is 10.7 Å². The van der Waals surface area contributed by atoms with Gasteiger partial charge in [-0.3, -0.25) is 4.99 Å². The lowest BCUT2D eigenvalue weighted by atomic mass is 10.1. The van der Waals surface area contributed by atoms with E-state index in [2.05, 4.69) is 10.3 Å². The van der Waals surface area contributed by atoms with Crippen LogP contribution in [0.5, 0.6) is 0 Å². The van der Waals surface area contributed by atoms with Crippen LogP contribution in [0.25, 0.3) is 0 Å². The van der Waals surface area contributed by atoms with Crippen LogP contribution < -0.4 is 11.1 Å². The van der Waals surface area contributed by atoms with Gasteiger partial charge in [0.1, 0.15) is 0 Å². The van der Waals surface area contributed by atoms with Gasteiger partial charge in [-0.1, -0.05) is 42.1 Å². The average Bonchev–Trinajstić information content (AvgIpc) is 2.84. The van der Waals surface area contributed by atoms with Crippen molar-refractivity contribution in [3.63, 3.8) is 0 Å². The third-order valence-electron chi connectivity index (χ3n) is 3.39. The first-order valence-corrected chi connectivity index (χ1v) is 7.41. The molecule has 1 aliphatic carbocycles. The van der Waals surface area contributed by atoms with Crippen LogP contribution in [0.3, 0.4) is 0 Å². The Hall–Kier alpha value is -0.930. The summed E-state index contributed by atoms with van der Waals surface area (Å²) in [4.78, 5) is 4.34. The highest BCUT2D eigenvalue weighted by Gasteiger charge is 2.14. The molecule has 0 atom stereocenters. The van der Waals surface area contributed by atoms with Gasteiger partial charge in [-0.05, 0) is 37.0 Å². The topological polar surface area (TPSA) is 50.4 Å². The van der Waals surface area contributed by atoms with Gasteiger partial charge in [-0.2, -0.15) is 0 Å². The number of guanidine groups is 1. The number of hydrogen-bond donors (Lipinski definition) is 2. The molecule has 1 aliphatic rings. The molecule has 19 heavy (non-hydrogen) atoms. The molecule has 0 amide bonds. The van der Waals surface area contributed by atoms with E-state index in [1.807, 2.05) is 12.1 Å². The van der Waals surface area contributed by atoms with Crippen LogP contribution in [-0.2, 0) is 6.42 Å². The summed E-state index contributed by atoms with van der Waals surface area (Å²) in [6, 6.07) is 6.03. The van der Waals surface area contributed by atoms with Crippen molar-refractivity contribution < 1.29 is 0 Å². The van der Waals surface area contributed by atoms with Crippen molar-refractivity contribution in [2.75, 3.05) is 6.54 Å². The molecule has 3 nitrogen and oxygen atoms in total. The highest BCUT2D eigenvalue weighted by Crippen LogP contribution is 2.21. The first-order chi connectivity index (χ1) is 9.15. The second kappa shape index (κ2) is 7.01. The van der Waals surface area contributed by atoms with Crippen LogP contribution in [0, 0.1) is 0 Å². The number of aliphatic imine (C=N–C) groups is 1. The lowest BCUT2D eigenvalue weighted by molar-refractivity contribution is 0.625. The molecule has 1 aromatic carbocycles. The van der Waals surface area contributed by atoms with Gasteiger partial charge in [0.25, 0.3) is 0 Å². The first kappa shape index (κ1) is 14.5. The molecule has 1 fully saturated rings. The van der Waals surface area contributed by atoms with Crippen LogP contribution in [-0.4, -0.2) is 18.5 Å². The molecule has 3 N–H and O–H groups in total. The Morgan fingerprint density at radius 3 is 2.74 bits per heavy atom. The van der Waals surface area contributed by atoms with E-state index in [1.54, 1.807) is 6.07 Å². The molecule has 5 heteroatoms. The molecule has 0 saturated heterocycles. The van der Waals surface area contributed by atoms with Crippen molar-refractivity contribution in [1.29, 1.82) is 0 Å². The Kier molecular flexibility index (Phi) is 5.34. The summed E-state index contributed by atoms with van der Waals surface area (Å²) in [7, 11) is 0. The maximum atomic E-state index is 6.10. The van der Waals surface area contributed by atoms with Crippen LogP contribution in [0.4, 0.5) is 0 Å². The second-order valence-electron chi connectivity index (χ2n) is 4.88. The molecule has 0 aromatic heterocycles. The second-order valence-corrected chi connectivity index (χ2v) is 5.72. The van der Waals surface area contributed by atoms with Crippen LogP contribution in [0.15, 0.2) is 23.2 Å². The summed E-state index contributed by atoms with van der Waals surface area (Å²) < 4.78 is 0. The highest BCUT2D eigenvalue weighted by molar-refractivity contribution is 6.35. The summed E-state index contributed by atoms with van der Waals surface area (Å²) in [6.07, 6.45) is 5.72. The number of rotatable bonds is 4. The average molecular weight is 300 g/mol. The zero-order chi connectivity index (χ0) is 13.7. The largest absolute Gasteiger partial charge is 0.370 e. The normalized spacial score (nSPS) is 16.8. The standard InChI is InChI=1S/C14H19Cl2N3/c15-11-6-5-10(13(16)9-11)7-8-18-14(17)19-12-3-1-2-4-12/h5-6,9,12H,1-4,7-8H2,(H3,17,18,19). The van der Waals surface area contributed by atoms with Crippen LogP contribution in [0.1, 0.15) is 31.2 Å². The van der Waals surface area contributed by atoms with Gasteiger partial charge in [0.2, 0.25) is 0 Å². The number of nitrogens with two attached hydrogens (primary N) is 1. The van der Waals surface area contributed by atoms with Gasteiger partial charge in [-0.25, -0.2) is 0 Å². The van der Waals surface area contributed by atoms with Gasteiger partial charge < -0.3 is 11.1 Å². The summed E-state index contributed by atoms with van der Waals surface area (Å²) in [5.41, 5.74) is 6.91. The van der Waals surface area contributed by atoms with E-state index in [9.17, 15) is 0 Å². The van der Waals surface area contributed by atoms with Crippen LogP contribution >= 0.6 is 23.2 Å². The highest BCUT2D eigenvalue weighted by atomic mass is 35.5. The summed E-state index contributed by atoms with van der Waals surface area (Å²) in [5.74, 6) is 0.539. The minimum atomic E-state index is 0.503. The first-order valence-electron chi connectivity index (χ1n) is 6.65. The zero-order valence-corrected chi connectivity index (χ0v) is 12.3. The predicted octanol–water partition coefficient (Wildman–Crippen LogP) is 3.38. The Bertz CT molecular complexity index is 454. The molecule has 0 bridgehead atoms. The minimum Gasteiger partial charge on any atom is -0.370 e. The van der Waals surface area contributed by atoms with Gasteiger partial charge >= 0.3 is 0 Å². The Labute approximate surface area is 124 Å². The Balaban J connectivity index is 1.81. The molecule has 0 unspecified atom stereocenters. The molecule has 2 rings (SSSR count). The number of halogens is 2. The third kappa shape index (κ3) is 4.59. The van der Waals surface area contributed by atoms with Crippen LogP contribution in [0.2, 0.25) is 10.0 Å². The predicted molar refractivity (Wildman–Crippen MR) is 82.0 cm³/mol. The summed E-state index contributed by atoms with van der Waals surface area (Å²) in [5, 5.41) is 4.60. The van der Waals surface area contributed by atoms with E-state index in [-0.39, 0.29) is 0 Å². The molecule has 1 saturated carbocycles. The fraction of sp³-hybridized carbons (Fsp3) is 0.500. The quantitative estimate of drug-likeness (QED) is 0.661. The van der Waals surface area contributed by atoms with Crippen molar-refractivity contribution in [3.05, 3.63) is 33.8 Å². The monoisotopic (exact) mass is 299 g/mol. The number of nitrogens with one attached hydrogen (secondary N) is 1. The molecule has 0 heterocycles. The van der Waals surface area contributed by atoms with E-state index >= 15 is 0 Å². The molecular formula is C14H19Cl2N3. The van der Waals surface area contributed by atoms with E-state index < -0.39 is 0 Å². The van der Waals surface area contributed by atoms with Gasteiger partial charge in [0.05, 0.1) is 0 Å². The smallest absolute Gasteiger partial charge is 0.188 e. The Morgan fingerprint density at radius 2 is 2.05 bits per heavy atom. The maximum absolute atomic E-state index is 6.10. The SMILES string of the molecule is NC(=NCCc1ccc(Cl)cc1Cl)NC1CCCC1. The third-order valence-corrected chi connectivity index (χ3v) is 3.97. The number of benzene rings is 1. The molecule has 1 aromatic rings. The van der Waals surface area contributed by atoms with Crippen molar-refractivity contribution in [3.8, 4) is 0 Å². The molecule has 0 spiro atoms. The van der Waals surface area contributed by atoms with Crippen molar-refractivity contribution in [1.82, 2.24) is 5.32 Å². The number of nitrogens with zero attached hydrogens (tertiary/aromatic N) is 1. The maximum Gasteiger partial charge on any atom is 0.188 e. The molecular weight excluding hydrogens is 281 g/mol. The van der Waals surface area contributed by atoms with E-state index in [4.69, 9.17) is 28.9 Å². The van der Waals surface area contributed by atoms with E-state index in [1.165, 1.54) is 25.7 Å². The number of hydrogen-bond acceptors (Lipinski definition) is 1. The van der Waals surface area contributed by atoms with Gasteiger partial charge in [0.15, 0.2) is 5.96 Å². The fourth-order valence-electron chi connectivity index (χ4n) is 2.35.